The SMILES string of the molecule is COc1cc(-c2ccc(C(C)(C)C)cc2)c(C=O)cc1O. The van der Waals surface area contributed by atoms with Crippen LogP contribution >= 0.6 is 0 Å². The second-order valence-electron chi connectivity index (χ2n) is 6.06. The van der Waals surface area contributed by atoms with Gasteiger partial charge in [0.2, 0.25) is 0 Å². The van der Waals surface area contributed by atoms with E-state index in [2.05, 4.69) is 32.9 Å². The molecule has 0 saturated heterocycles. The van der Waals surface area contributed by atoms with Crippen molar-refractivity contribution in [2.45, 2.75) is 26.2 Å². The predicted octanol–water partition coefficient (Wildman–Crippen LogP) is 4.18. The van der Waals surface area contributed by atoms with Crippen molar-refractivity contribution in [2.24, 2.45) is 0 Å². The zero-order valence-electron chi connectivity index (χ0n) is 12.8. The molecule has 2 aromatic rings. The van der Waals surface area contributed by atoms with Crippen molar-refractivity contribution in [2.75, 3.05) is 7.11 Å². The van der Waals surface area contributed by atoms with E-state index in [0.29, 0.717) is 11.3 Å². The molecule has 0 heterocycles. The van der Waals surface area contributed by atoms with Crippen LogP contribution in [-0.2, 0) is 5.41 Å². The Bertz CT molecular complexity index is 649. The topological polar surface area (TPSA) is 46.5 Å². The number of carbonyl (C=O) groups excluding carboxylic acids is 1. The fraction of sp³-hybridized carbons (Fsp3) is 0.278. The van der Waals surface area contributed by atoms with Crippen molar-refractivity contribution in [1.82, 2.24) is 0 Å². The molecule has 0 aliphatic rings. The standard InChI is InChI=1S/C18H20O3/c1-18(2,3)14-7-5-12(6-8-14)15-10-17(21-4)16(20)9-13(15)11-19/h5-11,20H,1-4H3. The average Bonchev–Trinajstić information content (AvgIpc) is 2.46. The fourth-order valence-corrected chi connectivity index (χ4v) is 2.25. The lowest BCUT2D eigenvalue weighted by Gasteiger charge is -2.19. The summed E-state index contributed by atoms with van der Waals surface area (Å²) in [5.74, 6) is 0.324. The predicted molar refractivity (Wildman–Crippen MR) is 84.2 cm³/mol. The van der Waals surface area contributed by atoms with Crippen LogP contribution in [0.1, 0.15) is 36.7 Å². The molecule has 0 bridgehead atoms. The number of benzene rings is 2. The molecule has 0 radical (unpaired) electrons. The van der Waals surface area contributed by atoms with Crippen LogP contribution in [-0.4, -0.2) is 18.5 Å². The van der Waals surface area contributed by atoms with Gasteiger partial charge in [0.15, 0.2) is 17.8 Å². The number of carbonyl (C=O) groups is 1. The van der Waals surface area contributed by atoms with Gasteiger partial charge in [0.05, 0.1) is 7.11 Å². The van der Waals surface area contributed by atoms with Crippen molar-refractivity contribution in [3.8, 4) is 22.6 Å². The minimum atomic E-state index is -0.0327. The number of hydrogen-bond donors (Lipinski definition) is 1. The van der Waals surface area contributed by atoms with Crippen LogP contribution in [0, 0.1) is 0 Å². The van der Waals surface area contributed by atoms with Crippen LogP contribution in [0.5, 0.6) is 11.5 Å². The van der Waals surface area contributed by atoms with Crippen LogP contribution in [0.25, 0.3) is 11.1 Å². The highest BCUT2D eigenvalue weighted by Gasteiger charge is 2.15. The molecule has 0 amide bonds. The molecule has 0 aliphatic carbocycles. The lowest BCUT2D eigenvalue weighted by atomic mass is 9.86. The number of rotatable bonds is 3. The number of aromatic hydroxyl groups is 1. The van der Waals surface area contributed by atoms with Gasteiger partial charge in [-0.2, -0.15) is 0 Å². The van der Waals surface area contributed by atoms with E-state index in [1.807, 2.05) is 12.1 Å². The minimum Gasteiger partial charge on any atom is -0.504 e. The molecule has 110 valence electrons. The first-order chi connectivity index (χ1) is 9.86. The van der Waals surface area contributed by atoms with Gasteiger partial charge in [-0.05, 0) is 34.2 Å². The van der Waals surface area contributed by atoms with Crippen molar-refractivity contribution < 1.29 is 14.6 Å². The summed E-state index contributed by atoms with van der Waals surface area (Å²) >= 11 is 0. The first-order valence-electron chi connectivity index (χ1n) is 6.84. The van der Waals surface area contributed by atoms with Crippen LogP contribution in [0.4, 0.5) is 0 Å². The summed E-state index contributed by atoms with van der Waals surface area (Å²) in [7, 11) is 1.49. The molecule has 2 aromatic carbocycles. The summed E-state index contributed by atoms with van der Waals surface area (Å²) in [4.78, 5) is 11.2. The van der Waals surface area contributed by atoms with Gasteiger partial charge in [0.1, 0.15) is 0 Å². The van der Waals surface area contributed by atoms with Crippen LogP contribution in [0.2, 0.25) is 0 Å². The zero-order chi connectivity index (χ0) is 15.6. The number of hydrogen-bond acceptors (Lipinski definition) is 3. The monoisotopic (exact) mass is 284 g/mol. The summed E-state index contributed by atoms with van der Waals surface area (Å²) in [5.41, 5.74) is 3.42. The number of methoxy groups -OCH3 is 1. The van der Waals surface area contributed by atoms with Crippen molar-refractivity contribution in [1.29, 1.82) is 0 Å². The largest absolute Gasteiger partial charge is 0.504 e. The van der Waals surface area contributed by atoms with Gasteiger partial charge in [0.25, 0.3) is 0 Å². The van der Waals surface area contributed by atoms with Gasteiger partial charge in [0, 0.05) is 5.56 Å². The molecule has 3 heteroatoms. The van der Waals surface area contributed by atoms with E-state index < -0.39 is 0 Å². The van der Waals surface area contributed by atoms with Crippen LogP contribution < -0.4 is 4.74 Å². The van der Waals surface area contributed by atoms with Crippen molar-refractivity contribution in [3.05, 3.63) is 47.5 Å². The summed E-state index contributed by atoms with van der Waals surface area (Å²) in [6.45, 7) is 6.47. The third-order valence-corrected chi connectivity index (χ3v) is 3.54. The molecule has 21 heavy (non-hydrogen) atoms. The molecule has 3 nitrogen and oxygen atoms in total. The van der Waals surface area contributed by atoms with E-state index >= 15 is 0 Å². The maximum Gasteiger partial charge on any atom is 0.161 e. The number of phenolic OH excluding ortho intramolecular Hbond substituents is 1. The van der Waals surface area contributed by atoms with Crippen molar-refractivity contribution in [3.63, 3.8) is 0 Å². The molecule has 0 fully saturated rings. The molecule has 0 unspecified atom stereocenters. The van der Waals surface area contributed by atoms with E-state index in [0.717, 1.165) is 17.4 Å². The molecule has 0 spiro atoms. The van der Waals surface area contributed by atoms with Crippen LogP contribution in [0.3, 0.4) is 0 Å². The molecule has 0 aromatic heterocycles. The molecular weight excluding hydrogens is 264 g/mol. The summed E-state index contributed by atoms with van der Waals surface area (Å²) in [6, 6.07) is 11.2. The molecule has 1 N–H and O–H groups in total. The maximum absolute atomic E-state index is 11.2. The highest BCUT2D eigenvalue weighted by Crippen LogP contribution is 2.35. The molecular formula is C18H20O3. The number of aldehydes is 1. The first kappa shape index (κ1) is 15.1. The van der Waals surface area contributed by atoms with E-state index in [-0.39, 0.29) is 11.2 Å². The summed E-state index contributed by atoms with van der Waals surface area (Å²) < 4.78 is 5.12. The molecule has 0 atom stereocenters. The van der Waals surface area contributed by atoms with E-state index in [4.69, 9.17) is 4.74 Å². The zero-order valence-corrected chi connectivity index (χ0v) is 12.8. The Morgan fingerprint density at radius 3 is 2.19 bits per heavy atom. The minimum absolute atomic E-state index is 0.0327. The van der Waals surface area contributed by atoms with E-state index in [9.17, 15) is 9.90 Å². The number of phenols is 1. The van der Waals surface area contributed by atoms with Crippen LogP contribution in [0.15, 0.2) is 36.4 Å². The van der Waals surface area contributed by atoms with E-state index in [1.54, 1.807) is 6.07 Å². The summed E-state index contributed by atoms with van der Waals surface area (Å²) in [5, 5.41) is 9.76. The summed E-state index contributed by atoms with van der Waals surface area (Å²) in [6.07, 6.45) is 0.742. The third kappa shape index (κ3) is 3.07. The highest BCUT2D eigenvalue weighted by atomic mass is 16.5. The second-order valence-corrected chi connectivity index (χ2v) is 6.06. The lowest BCUT2D eigenvalue weighted by Crippen LogP contribution is -2.10. The highest BCUT2D eigenvalue weighted by molar-refractivity contribution is 5.89. The number of ether oxygens (including phenoxy) is 1. The van der Waals surface area contributed by atoms with Gasteiger partial charge >= 0.3 is 0 Å². The Kier molecular flexibility index (Phi) is 4.03. The molecule has 2 rings (SSSR count). The normalized spacial score (nSPS) is 11.2. The smallest absolute Gasteiger partial charge is 0.161 e. The van der Waals surface area contributed by atoms with Gasteiger partial charge < -0.3 is 9.84 Å². The molecule has 0 saturated carbocycles. The fourth-order valence-electron chi connectivity index (χ4n) is 2.25. The Morgan fingerprint density at radius 2 is 1.71 bits per heavy atom. The van der Waals surface area contributed by atoms with Crippen molar-refractivity contribution >= 4 is 6.29 Å². The first-order valence-corrected chi connectivity index (χ1v) is 6.84. The third-order valence-electron chi connectivity index (χ3n) is 3.54. The van der Waals surface area contributed by atoms with Gasteiger partial charge in [-0.15, -0.1) is 0 Å². The Labute approximate surface area is 125 Å². The Hall–Kier alpha value is -2.29. The Balaban J connectivity index is 2.53. The molecule has 0 aliphatic heterocycles. The van der Waals surface area contributed by atoms with Gasteiger partial charge in [-0.25, -0.2) is 0 Å². The quantitative estimate of drug-likeness (QED) is 0.860. The van der Waals surface area contributed by atoms with Gasteiger partial charge in [-0.3, -0.25) is 4.79 Å². The van der Waals surface area contributed by atoms with Gasteiger partial charge in [-0.1, -0.05) is 45.0 Å². The Morgan fingerprint density at radius 1 is 1.10 bits per heavy atom. The lowest BCUT2D eigenvalue weighted by molar-refractivity contribution is 0.112. The van der Waals surface area contributed by atoms with E-state index in [1.165, 1.54) is 18.7 Å². The maximum atomic E-state index is 11.2. The second kappa shape index (κ2) is 5.60. The average molecular weight is 284 g/mol.